The second-order valence-electron chi connectivity index (χ2n) is 7.06. The molecule has 1 N–H and O–H groups in total. The molecule has 1 aromatic heterocycles. The first-order valence-corrected chi connectivity index (χ1v) is 9.66. The number of pyridine rings is 1. The van der Waals surface area contributed by atoms with Crippen LogP contribution in [0.3, 0.4) is 0 Å². The molecule has 3 aromatic carbocycles. The molecule has 0 amide bonds. The van der Waals surface area contributed by atoms with Crippen molar-refractivity contribution in [3.05, 3.63) is 106 Å². The molecule has 0 fully saturated rings. The van der Waals surface area contributed by atoms with Crippen LogP contribution >= 0.6 is 0 Å². The first-order valence-electron chi connectivity index (χ1n) is 9.66. The Morgan fingerprint density at radius 2 is 1.70 bits per heavy atom. The molecule has 0 spiro atoms. The standard InChI is InChI=1S/C26H21NO3/c1-17-12-14-20-21(16-17)27-26(29)25(24(20)19-9-4-3-5-10-19)22(28)15-13-18-8-6-7-11-23(18)30-2/h3-16H,1-2H3,(H,27,29)/b15-13+. The van der Waals surface area contributed by atoms with Gasteiger partial charge in [0.2, 0.25) is 0 Å². The number of aromatic nitrogens is 1. The number of carbonyl (C=O) groups excluding carboxylic acids is 1. The van der Waals surface area contributed by atoms with Gasteiger partial charge in [0.05, 0.1) is 12.7 Å². The summed E-state index contributed by atoms with van der Waals surface area (Å²) < 4.78 is 5.34. The predicted octanol–water partition coefficient (Wildman–Crippen LogP) is 5.41. The second-order valence-corrected chi connectivity index (χ2v) is 7.06. The van der Waals surface area contributed by atoms with Crippen molar-refractivity contribution in [1.82, 2.24) is 4.98 Å². The number of allylic oxidation sites excluding steroid dienone is 1. The van der Waals surface area contributed by atoms with Gasteiger partial charge < -0.3 is 9.72 Å². The number of H-pyrrole nitrogens is 1. The van der Waals surface area contributed by atoms with Crippen molar-refractivity contribution in [2.75, 3.05) is 7.11 Å². The van der Waals surface area contributed by atoms with Crippen molar-refractivity contribution in [3.63, 3.8) is 0 Å². The fraction of sp³-hybridized carbons (Fsp3) is 0.0769. The van der Waals surface area contributed by atoms with Crippen LogP contribution in [0.1, 0.15) is 21.5 Å². The topological polar surface area (TPSA) is 59.2 Å². The lowest BCUT2D eigenvalue weighted by molar-refractivity contribution is 0.104. The van der Waals surface area contributed by atoms with E-state index in [9.17, 15) is 9.59 Å². The Morgan fingerprint density at radius 1 is 0.967 bits per heavy atom. The Kier molecular flexibility index (Phi) is 5.31. The highest BCUT2D eigenvalue weighted by molar-refractivity contribution is 6.15. The fourth-order valence-corrected chi connectivity index (χ4v) is 3.61. The van der Waals surface area contributed by atoms with Gasteiger partial charge in [-0.3, -0.25) is 9.59 Å². The third kappa shape index (κ3) is 3.67. The quantitative estimate of drug-likeness (QED) is 0.363. The summed E-state index contributed by atoms with van der Waals surface area (Å²) in [4.78, 5) is 29.1. The molecule has 148 valence electrons. The van der Waals surface area contributed by atoms with E-state index in [0.717, 1.165) is 22.1 Å². The van der Waals surface area contributed by atoms with Gasteiger partial charge in [0.1, 0.15) is 5.75 Å². The normalized spacial score (nSPS) is 11.1. The molecule has 4 nitrogen and oxygen atoms in total. The molecular weight excluding hydrogens is 374 g/mol. The molecule has 1 heterocycles. The van der Waals surface area contributed by atoms with Crippen LogP contribution in [0.15, 0.2) is 83.7 Å². The predicted molar refractivity (Wildman–Crippen MR) is 121 cm³/mol. The monoisotopic (exact) mass is 395 g/mol. The number of fused-ring (bicyclic) bond motifs is 1. The Labute approximate surface area is 174 Å². The van der Waals surface area contributed by atoms with Gasteiger partial charge in [-0.1, -0.05) is 60.7 Å². The zero-order valence-corrected chi connectivity index (χ0v) is 16.8. The molecule has 0 aliphatic rings. The van der Waals surface area contributed by atoms with E-state index < -0.39 is 5.56 Å². The summed E-state index contributed by atoms with van der Waals surface area (Å²) in [6, 6.07) is 22.8. The number of methoxy groups -OCH3 is 1. The zero-order valence-electron chi connectivity index (χ0n) is 16.8. The van der Waals surface area contributed by atoms with Gasteiger partial charge in [0.15, 0.2) is 5.78 Å². The molecule has 30 heavy (non-hydrogen) atoms. The third-order valence-electron chi connectivity index (χ3n) is 5.03. The van der Waals surface area contributed by atoms with Crippen LogP contribution in [0, 0.1) is 6.92 Å². The summed E-state index contributed by atoms with van der Waals surface area (Å²) in [5.74, 6) is 0.302. The molecule has 0 bridgehead atoms. The number of rotatable bonds is 5. The van der Waals surface area contributed by atoms with Gasteiger partial charge in [-0.15, -0.1) is 0 Å². The maximum absolute atomic E-state index is 13.2. The Balaban J connectivity index is 1.91. The van der Waals surface area contributed by atoms with Crippen molar-refractivity contribution in [2.24, 2.45) is 0 Å². The van der Waals surface area contributed by atoms with E-state index in [2.05, 4.69) is 4.98 Å². The summed E-state index contributed by atoms with van der Waals surface area (Å²) >= 11 is 0. The minimum Gasteiger partial charge on any atom is -0.496 e. The lowest BCUT2D eigenvalue weighted by Gasteiger charge is -2.12. The summed E-state index contributed by atoms with van der Waals surface area (Å²) in [6.45, 7) is 1.97. The fourth-order valence-electron chi connectivity index (χ4n) is 3.61. The van der Waals surface area contributed by atoms with Crippen LogP contribution < -0.4 is 10.3 Å². The number of benzene rings is 3. The Bertz CT molecular complexity index is 1320. The summed E-state index contributed by atoms with van der Waals surface area (Å²) in [5, 5.41) is 0.834. The Morgan fingerprint density at radius 3 is 2.47 bits per heavy atom. The first-order chi connectivity index (χ1) is 14.6. The molecule has 0 aliphatic heterocycles. The van der Waals surface area contributed by atoms with Crippen molar-refractivity contribution < 1.29 is 9.53 Å². The number of hydrogen-bond acceptors (Lipinski definition) is 3. The highest BCUT2D eigenvalue weighted by Crippen LogP contribution is 2.30. The van der Waals surface area contributed by atoms with Crippen LogP contribution in [0.25, 0.3) is 28.1 Å². The summed E-state index contributed by atoms with van der Waals surface area (Å²) in [5.41, 5.74) is 3.71. The number of para-hydroxylation sites is 1. The van der Waals surface area contributed by atoms with Crippen molar-refractivity contribution >= 4 is 22.8 Å². The average molecular weight is 395 g/mol. The number of nitrogens with one attached hydrogen (secondary N) is 1. The van der Waals surface area contributed by atoms with E-state index in [-0.39, 0.29) is 11.3 Å². The number of hydrogen-bond donors (Lipinski definition) is 1. The number of ether oxygens (including phenoxy) is 1. The molecule has 0 saturated heterocycles. The molecule has 4 rings (SSSR count). The molecule has 0 unspecified atom stereocenters. The van der Waals surface area contributed by atoms with Gasteiger partial charge in [-0.2, -0.15) is 0 Å². The van der Waals surface area contributed by atoms with Gasteiger partial charge in [-0.25, -0.2) is 0 Å². The van der Waals surface area contributed by atoms with Crippen LogP contribution in [0.5, 0.6) is 5.75 Å². The molecule has 4 aromatic rings. The Hall–Kier alpha value is -3.92. The van der Waals surface area contributed by atoms with E-state index >= 15 is 0 Å². The molecule has 0 atom stereocenters. The van der Waals surface area contributed by atoms with Gasteiger partial charge in [-0.05, 0) is 42.3 Å². The largest absolute Gasteiger partial charge is 0.496 e. The van der Waals surface area contributed by atoms with Gasteiger partial charge in [0.25, 0.3) is 5.56 Å². The highest BCUT2D eigenvalue weighted by Gasteiger charge is 2.19. The maximum Gasteiger partial charge on any atom is 0.260 e. The highest BCUT2D eigenvalue weighted by atomic mass is 16.5. The third-order valence-corrected chi connectivity index (χ3v) is 5.03. The van der Waals surface area contributed by atoms with E-state index in [1.165, 1.54) is 6.08 Å². The SMILES string of the molecule is COc1ccccc1/C=C/C(=O)c1c(-c2ccccc2)c2ccc(C)cc2[nH]c1=O. The van der Waals surface area contributed by atoms with Crippen LogP contribution in [0.2, 0.25) is 0 Å². The number of aryl methyl sites for hydroxylation is 1. The minimum atomic E-state index is -0.401. The number of ketones is 1. The molecule has 4 heteroatoms. The van der Waals surface area contributed by atoms with E-state index in [1.54, 1.807) is 13.2 Å². The van der Waals surface area contributed by atoms with Crippen LogP contribution in [0.4, 0.5) is 0 Å². The first kappa shape index (κ1) is 19.4. The summed E-state index contributed by atoms with van der Waals surface area (Å²) in [6.07, 6.45) is 3.10. The van der Waals surface area contributed by atoms with Gasteiger partial charge >= 0.3 is 0 Å². The van der Waals surface area contributed by atoms with E-state index in [1.807, 2.05) is 79.7 Å². The van der Waals surface area contributed by atoms with Crippen molar-refractivity contribution in [1.29, 1.82) is 0 Å². The van der Waals surface area contributed by atoms with Crippen LogP contribution in [-0.2, 0) is 0 Å². The summed E-state index contributed by atoms with van der Waals surface area (Å²) in [7, 11) is 1.58. The minimum absolute atomic E-state index is 0.128. The van der Waals surface area contributed by atoms with E-state index in [0.29, 0.717) is 16.8 Å². The molecular formula is C26H21NO3. The molecule has 0 saturated carbocycles. The molecule has 0 radical (unpaired) electrons. The lowest BCUT2D eigenvalue weighted by atomic mass is 9.93. The van der Waals surface area contributed by atoms with Crippen molar-refractivity contribution in [2.45, 2.75) is 6.92 Å². The average Bonchev–Trinajstić information content (AvgIpc) is 2.77. The number of aromatic amines is 1. The second kappa shape index (κ2) is 8.21. The zero-order chi connectivity index (χ0) is 21.1. The van der Waals surface area contributed by atoms with Crippen molar-refractivity contribution in [3.8, 4) is 16.9 Å². The smallest absolute Gasteiger partial charge is 0.260 e. The molecule has 0 aliphatic carbocycles. The van der Waals surface area contributed by atoms with Crippen LogP contribution in [-0.4, -0.2) is 17.9 Å². The van der Waals surface area contributed by atoms with Gasteiger partial charge in [0, 0.05) is 22.0 Å². The number of carbonyl (C=O) groups is 1. The maximum atomic E-state index is 13.2. The lowest BCUT2D eigenvalue weighted by Crippen LogP contribution is -2.18. The van der Waals surface area contributed by atoms with E-state index in [4.69, 9.17) is 4.74 Å².